The Kier molecular flexibility index (Phi) is 6.07. The second kappa shape index (κ2) is 7.33. The van der Waals surface area contributed by atoms with Gasteiger partial charge in [-0.2, -0.15) is 0 Å². The molecule has 1 heterocycles. The minimum Gasteiger partial charge on any atom is -0.338 e. The SMILES string of the molecule is CCNCC(=O)N1CCN(C(=O)CN(C)C)CC1. The Morgan fingerprint density at radius 3 is 2.00 bits per heavy atom. The highest BCUT2D eigenvalue weighted by molar-refractivity contribution is 5.80. The summed E-state index contributed by atoms with van der Waals surface area (Å²) in [4.78, 5) is 29.1. The molecule has 18 heavy (non-hydrogen) atoms. The molecule has 6 nitrogen and oxygen atoms in total. The number of hydrogen-bond acceptors (Lipinski definition) is 4. The van der Waals surface area contributed by atoms with Crippen molar-refractivity contribution in [3.63, 3.8) is 0 Å². The van der Waals surface area contributed by atoms with Crippen LogP contribution in [0, 0.1) is 0 Å². The van der Waals surface area contributed by atoms with Gasteiger partial charge in [0.05, 0.1) is 13.1 Å². The van der Waals surface area contributed by atoms with Gasteiger partial charge in [-0.25, -0.2) is 0 Å². The molecule has 1 saturated heterocycles. The summed E-state index contributed by atoms with van der Waals surface area (Å²) in [5.74, 6) is 0.260. The maximum atomic E-state index is 11.8. The fraction of sp³-hybridized carbons (Fsp3) is 0.833. The monoisotopic (exact) mass is 256 g/mol. The highest BCUT2D eigenvalue weighted by atomic mass is 16.2. The van der Waals surface area contributed by atoms with Crippen LogP contribution in [0.4, 0.5) is 0 Å². The smallest absolute Gasteiger partial charge is 0.236 e. The van der Waals surface area contributed by atoms with Crippen LogP contribution in [-0.4, -0.2) is 86.4 Å². The van der Waals surface area contributed by atoms with Crippen molar-refractivity contribution in [3.05, 3.63) is 0 Å². The molecule has 0 saturated carbocycles. The van der Waals surface area contributed by atoms with Crippen LogP contribution in [0.2, 0.25) is 0 Å². The van der Waals surface area contributed by atoms with Gasteiger partial charge < -0.3 is 20.0 Å². The fourth-order valence-corrected chi connectivity index (χ4v) is 1.92. The Hall–Kier alpha value is -1.14. The maximum absolute atomic E-state index is 11.8. The van der Waals surface area contributed by atoms with E-state index in [2.05, 4.69) is 5.32 Å². The van der Waals surface area contributed by atoms with Crippen molar-refractivity contribution < 1.29 is 9.59 Å². The van der Waals surface area contributed by atoms with E-state index >= 15 is 0 Å². The standard InChI is InChI=1S/C12H24N4O2/c1-4-13-9-11(17)15-5-7-16(8-6-15)12(18)10-14(2)3/h13H,4-10H2,1-3H3. The summed E-state index contributed by atoms with van der Waals surface area (Å²) in [5.41, 5.74) is 0. The normalized spacial score (nSPS) is 16.2. The first kappa shape index (κ1) is 14.9. The van der Waals surface area contributed by atoms with Gasteiger partial charge in [-0.15, -0.1) is 0 Å². The first-order valence-corrected chi connectivity index (χ1v) is 6.45. The van der Waals surface area contributed by atoms with Crippen molar-refractivity contribution in [2.75, 3.05) is 59.9 Å². The molecule has 2 amide bonds. The van der Waals surface area contributed by atoms with E-state index in [1.165, 1.54) is 0 Å². The largest absolute Gasteiger partial charge is 0.338 e. The van der Waals surface area contributed by atoms with Gasteiger partial charge in [0, 0.05) is 26.2 Å². The Labute approximate surface area is 109 Å². The molecule has 0 aliphatic carbocycles. The van der Waals surface area contributed by atoms with E-state index < -0.39 is 0 Å². The van der Waals surface area contributed by atoms with E-state index in [0.29, 0.717) is 39.3 Å². The molecule has 0 spiro atoms. The molecule has 0 radical (unpaired) electrons. The maximum Gasteiger partial charge on any atom is 0.236 e. The summed E-state index contributed by atoms with van der Waals surface area (Å²) in [6, 6.07) is 0. The summed E-state index contributed by atoms with van der Waals surface area (Å²) in [5, 5.41) is 3.03. The van der Waals surface area contributed by atoms with Gasteiger partial charge >= 0.3 is 0 Å². The minimum absolute atomic E-state index is 0.122. The molecule has 1 aliphatic heterocycles. The fourth-order valence-electron chi connectivity index (χ4n) is 1.92. The van der Waals surface area contributed by atoms with Crippen LogP contribution in [0.1, 0.15) is 6.92 Å². The third-order valence-electron chi connectivity index (χ3n) is 2.96. The van der Waals surface area contributed by atoms with Gasteiger partial charge in [0.15, 0.2) is 0 Å². The number of nitrogens with zero attached hydrogens (tertiary/aromatic N) is 3. The van der Waals surface area contributed by atoms with Gasteiger partial charge in [0.1, 0.15) is 0 Å². The zero-order chi connectivity index (χ0) is 13.5. The van der Waals surface area contributed by atoms with Crippen molar-refractivity contribution >= 4 is 11.8 Å². The second-order valence-corrected chi connectivity index (χ2v) is 4.78. The Bertz CT molecular complexity index is 286. The molecule has 1 rings (SSSR count). The lowest BCUT2D eigenvalue weighted by Crippen LogP contribution is -2.53. The van der Waals surface area contributed by atoms with E-state index in [9.17, 15) is 9.59 Å². The molecule has 1 fully saturated rings. The highest BCUT2D eigenvalue weighted by Gasteiger charge is 2.23. The number of nitrogens with one attached hydrogen (secondary N) is 1. The molecule has 1 N–H and O–H groups in total. The summed E-state index contributed by atoms with van der Waals surface area (Å²) >= 11 is 0. The summed E-state index contributed by atoms with van der Waals surface area (Å²) in [7, 11) is 3.77. The van der Waals surface area contributed by atoms with E-state index in [0.717, 1.165) is 6.54 Å². The summed E-state index contributed by atoms with van der Waals surface area (Å²) < 4.78 is 0. The van der Waals surface area contributed by atoms with E-state index in [4.69, 9.17) is 0 Å². The summed E-state index contributed by atoms with van der Waals surface area (Å²) in [6.45, 7) is 6.17. The average molecular weight is 256 g/mol. The molecular weight excluding hydrogens is 232 g/mol. The van der Waals surface area contributed by atoms with Gasteiger partial charge in [-0.3, -0.25) is 9.59 Å². The third-order valence-corrected chi connectivity index (χ3v) is 2.96. The quantitative estimate of drug-likeness (QED) is 0.673. The van der Waals surface area contributed by atoms with Crippen LogP contribution in [0.5, 0.6) is 0 Å². The molecule has 104 valence electrons. The predicted octanol–water partition coefficient (Wildman–Crippen LogP) is -1.17. The molecule has 1 aliphatic rings. The van der Waals surface area contributed by atoms with Crippen molar-refractivity contribution in [2.24, 2.45) is 0 Å². The van der Waals surface area contributed by atoms with Crippen molar-refractivity contribution in [2.45, 2.75) is 6.92 Å². The topological polar surface area (TPSA) is 55.9 Å². The number of carbonyl (C=O) groups excluding carboxylic acids is 2. The lowest BCUT2D eigenvalue weighted by atomic mass is 10.3. The summed E-state index contributed by atoms with van der Waals surface area (Å²) in [6.07, 6.45) is 0. The number of hydrogen-bond donors (Lipinski definition) is 1. The minimum atomic E-state index is 0.122. The first-order chi connectivity index (χ1) is 8.54. The zero-order valence-electron chi connectivity index (χ0n) is 11.6. The third kappa shape index (κ3) is 4.62. The number of amides is 2. The van der Waals surface area contributed by atoms with Gasteiger partial charge in [-0.1, -0.05) is 6.92 Å². The van der Waals surface area contributed by atoms with Gasteiger partial charge in [-0.05, 0) is 20.6 Å². The van der Waals surface area contributed by atoms with Crippen LogP contribution in [-0.2, 0) is 9.59 Å². The number of rotatable bonds is 5. The number of piperazine rings is 1. The molecule has 0 bridgehead atoms. The Morgan fingerprint density at radius 1 is 1.06 bits per heavy atom. The Morgan fingerprint density at radius 2 is 1.56 bits per heavy atom. The lowest BCUT2D eigenvalue weighted by molar-refractivity contribution is -0.139. The first-order valence-electron chi connectivity index (χ1n) is 6.45. The predicted molar refractivity (Wildman–Crippen MR) is 70.3 cm³/mol. The Balaban J connectivity index is 2.32. The highest BCUT2D eigenvalue weighted by Crippen LogP contribution is 2.02. The van der Waals surface area contributed by atoms with E-state index in [1.807, 2.05) is 35.7 Å². The van der Waals surface area contributed by atoms with Crippen molar-refractivity contribution in [1.82, 2.24) is 20.0 Å². The van der Waals surface area contributed by atoms with Crippen LogP contribution >= 0.6 is 0 Å². The van der Waals surface area contributed by atoms with Gasteiger partial charge in [0.25, 0.3) is 0 Å². The molecule has 0 aromatic rings. The van der Waals surface area contributed by atoms with E-state index in [-0.39, 0.29) is 11.8 Å². The molecule has 0 aromatic heterocycles. The molecule has 0 unspecified atom stereocenters. The van der Waals surface area contributed by atoms with Gasteiger partial charge in [0.2, 0.25) is 11.8 Å². The number of carbonyl (C=O) groups is 2. The van der Waals surface area contributed by atoms with Crippen LogP contribution < -0.4 is 5.32 Å². The average Bonchev–Trinajstić information content (AvgIpc) is 2.35. The van der Waals surface area contributed by atoms with Crippen LogP contribution in [0.25, 0.3) is 0 Å². The van der Waals surface area contributed by atoms with Crippen molar-refractivity contribution in [1.29, 1.82) is 0 Å². The second-order valence-electron chi connectivity index (χ2n) is 4.78. The van der Waals surface area contributed by atoms with Crippen LogP contribution in [0.15, 0.2) is 0 Å². The molecule has 0 aromatic carbocycles. The molecule has 6 heteroatoms. The van der Waals surface area contributed by atoms with Crippen molar-refractivity contribution in [3.8, 4) is 0 Å². The molecule has 0 atom stereocenters. The number of likely N-dealkylation sites (N-methyl/N-ethyl adjacent to an activating group) is 2. The zero-order valence-corrected chi connectivity index (χ0v) is 11.6. The molecular formula is C12H24N4O2. The van der Waals surface area contributed by atoms with Crippen LogP contribution in [0.3, 0.4) is 0 Å². The lowest BCUT2D eigenvalue weighted by Gasteiger charge is -2.35. The van der Waals surface area contributed by atoms with E-state index in [1.54, 1.807) is 0 Å².